The summed E-state index contributed by atoms with van der Waals surface area (Å²) in [6, 6.07) is 0. The van der Waals surface area contributed by atoms with E-state index in [1.165, 1.54) is 0 Å². The van der Waals surface area contributed by atoms with E-state index < -0.39 is 18.9 Å². The molecule has 0 saturated carbocycles. The van der Waals surface area contributed by atoms with Crippen LogP contribution >= 0.6 is 0 Å². The van der Waals surface area contributed by atoms with Gasteiger partial charge in [-0.1, -0.05) is 13.3 Å². The van der Waals surface area contributed by atoms with Crippen LogP contribution in [0.25, 0.3) is 0 Å². The van der Waals surface area contributed by atoms with Gasteiger partial charge in [0.1, 0.15) is 0 Å². The molecule has 0 aliphatic rings. The van der Waals surface area contributed by atoms with Crippen molar-refractivity contribution in [1.82, 2.24) is 5.32 Å². The van der Waals surface area contributed by atoms with Crippen LogP contribution in [-0.4, -0.2) is 37.1 Å². The third-order valence-electron chi connectivity index (χ3n) is 2.14. The van der Waals surface area contributed by atoms with Gasteiger partial charge in [0, 0.05) is 13.2 Å². The highest BCUT2D eigenvalue weighted by atomic mass is 19.4. The molecule has 0 aliphatic heterocycles. The molecule has 7 heteroatoms. The molecule has 0 fully saturated rings. The minimum absolute atomic E-state index is 0.00997. The highest BCUT2D eigenvalue weighted by Crippen LogP contribution is 2.14. The van der Waals surface area contributed by atoms with E-state index in [0.29, 0.717) is 6.42 Å². The molecular formula is C10H18F3NO3. The molecular weight excluding hydrogens is 239 g/mol. The molecule has 102 valence electrons. The molecule has 2 N–H and O–H groups in total. The molecule has 0 heterocycles. The maximum absolute atomic E-state index is 11.7. The SMILES string of the molecule is CCCC(CCO)CNC(=O)OCC(F)(F)F. The standard InChI is InChI=1S/C10H18F3NO3/c1-2-3-8(4-5-15)6-14-9(16)17-7-10(11,12)13/h8,15H,2-7H2,1H3,(H,14,16). The van der Waals surface area contributed by atoms with Crippen molar-refractivity contribution in [2.24, 2.45) is 5.92 Å². The topological polar surface area (TPSA) is 58.6 Å². The van der Waals surface area contributed by atoms with E-state index in [1.807, 2.05) is 6.92 Å². The zero-order valence-electron chi connectivity index (χ0n) is 9.72. The molecule has 4 nitrogen and oxygen atoms in total. The molecule has 0 aromatic rings. The summed E-state index contributed by atoms with van der Waals surface area (Å²) in [7, 11) is 0. The number of carbonyl (C=O) groups is 1. The quantitative estimate of drug-likeness (QED) is 0.734. The van der Waals surface area contributed by atoms with Gasteiger partial charge in [-0.15, -0.1) is 0 Å². The summed E-state index contributed by atoms with van der Waals surface area (Å²) < 4.78 is 39.1. The van der Waals surface area contributed by atoms with E-state index in [9.17, 15) is 18.0 Å². The monoisotopic (exact) mass is 257 g/mol. The minimum atomic E-state index is -4.51. The molecule has 0 aromatic heterocycles. The first-order valence-corrected chi connectivity index (χ1v) is 5.47. The average molecular weight is 257 g/mol. The first kappa shape index (κ1) is 16.0. The van der Waals surface area contributed by atoms with Crippen molar-refractivity contribution in [2.45, 2.75) is 32.4 Å². The van der Waals surface area contributed by atoms with Crippen LogP contribution in [0.3, 0.4) is 0 Å². The number of hydrogen-bond acceptors (Lipinski definition) is 3. The zero-order valence-corrected chi connectivity index (χ0v) is 9.72. The van der Waals surface area contributed by atoms with Gasteiger partial charge in [-0.25, -0.2) is 4.79 Å². The van der Waals surface area contributed by atoms with Crippen molar-refractivity contribution >= 4 is 6.09 Å². The maximum Gasteiger partial charge on any atom is 0.422 e. The third kappa shape index (κ3) is 9.92. The van der Waals surface area contributed by atoms with Gasteiger partial charge >= 0.3 is 12.3 Å². The second-order valence-corrected chi connectivity index (χ2v) is 3.74. The number of rotatable bonds is 7. The zero-order chi connectivity index (χ0) is 13.3. The summed E-state index contributed by atoms with van der Waals surface area (Å²) in [6.07, 6.45) is -3.41. The van der Waals surface area contributed by atoms with E-state index in [1.54, 1.807) is 0 Å². The van der Waals surface area contributed by atoms with Crippen molar-refractivity contribution < 1.29 is 27.8 Å². The van der Waals surface area contributed by atoms with Gasteiger partial charge in [-0.2, -0.15) is 13.2 Å². The Labute approximate surface area is 98.1 Å². The van der Waals surface area contributed by atoms with E-state index >= 15 is 0 Å². The number of hydrogen-bond donors (Lipinski definition) is 2. The van der Waals surface area contributed by atoms with Crippen molar-refractivity contribution in [1.29, 1.82) is 0 Å². The van der Waals surface area contributed by atoms with Gasteiger partial charge in [0.05, 0.1) is 0 Å². The molecule has 0 rings (SSSR count). The maximum atomic E-state index is 11.7. The Kier molecular flexibility index (Phi) is 7.69. The molecule has 0 radical (unpaired) electrons. The Hall–Kier alpha value is -0.980. The van der Waals surface area contributed by atoms with Crippen LogP contribution in [0.15, 0.2) is 0 Å². The first-order chi connectivity index (χ1) is 7.89. The van der Waals surface area contributed by atoms with Crippen molar-refractivity contribution in [3.05, 3.63) is 0 Å². The van der Waals surface area contributed by atoms with Crippen LogP contribution in [0.2, 0.25) is 0 Å². The number of aliphatic hydroxyl groups excluding tert-OH is 1. The minimum Gasteiger partial charge on any atom is -0.440 e. The van der Waals surface area contributed by atoms with Crippen molar-refractivity contribution in [2.75, 3.05) is 19.8 Å². The van der Waals surface area contributed by atoms with Crippen LogP contribution in [0.1, 0.15) is 26.2 Å². The van der Waals surface area contributed by atoms with E-state index in [4.69, 9.17) is 5.11 Å². The van der Waals surface area contributed by atoms with Crippen LogP contribution in [-0.2, 0) is 4.74 Å². The number of halogens is 3. The van der Waals surface area contributed by atoms with Crippen LogP contribution in [0.4, 0.5) is 18.0 Å². The molecule has 1 amide bonds. The Morgan fingerprint density at radius 3 is 2.53 bits per heavy atom. The Balaban J connectivity index is 3.79. The second kappa shape index (κ2) is 8.16. The molecule has 0 spiro atoms. The van der Waals surface area contributed by atoms with Gasteiger partial charge in [-0.05, 0) is 18.8 Å². The normalized spacial score (nSPS) is 13.2. The van der Waals surface area contributed by atoms with Gasteiger partial charge in [0.2, 0.25) is 0 Å². The fourth-order valence-electron chi connectivity index (χ4n) is 1.37. The fourth-order valence-corrected chi connectivity index (χ4v) is 1.37. The molecule has 0 bridgehead atoms. The summed E-state index contributed by atoms with van der Waals surface area (Å²) in [5, 5.41) is 11.0. The lowest BCUT2D eigenvalue weighted by molar-refractivity contribution is -0.160. The molecule has 17 heavy (non-hydrogen) atoms. The number of amides is 1. The Morgan fingerprint density at radius 2 is 2.06 bits per heavy atom. The summed E-state index contributed by atoms with van der Waals surface area (Å²) >= 11 is 0. The predicted octanol–water partition coefficient (Wildman–Crippen LogP) is 2.07. The fraction of sp³-hybridized carbons (Fsp3) is 0.900. The second-order valence-electron chi connectivity index (χ2n) is 3.74. The number of nitrogens with one attached hydrogen (secondary N) is 1. The smallest absolute Gasteiger partial charge is 0.422 e. The van der Waals surface area contributed by atoms with Gasteiger partial charge in [0.15, 0.2) is 6.61 Å². The summed E-state index contributed by atoms with van der Waals surface area (Å²) in [6.45, 7) is 0.568. The lowest BCUT2D eigenvalue weighted by Crippen LogP contribution is -2.32. The lowest BCUT2D eigenvalue weighted by Gasteiger charge is -2.15. The van der Waals surface area contributed by atoms with E-state index in [0.717, 1.165) is 12.8 Å². The molecule has 1 unspecified atom stereocenters. The molecule has 0 aromatic carbocycles. The van der Waals surface area contributed by atoms with Gasteiger partial charge in [-0.3, -0.25) is 0 Å². The van der Waals surface area contributed by atoms with Crippen molar-refractivity contribution in [3.63, 3.8) is 0 Å². The van der Waals surface area contributed by atoms with E-state index in [2.05, 4.69) is 10.1 Å². The molecule has 1 atom stereocenters. The van der Waals surface area contributed by atoms with Gasteiger partial charge in [0.25, 0.3) is 0 Å². The highest BCUT2D eigenvalue weighted by molar-refractivity contribution is 5.67. The number of carbonyl (C=O) groups excluding carboxylic acids is 1. The van der Waals surface area contributed by atoms with E-state index in [-0.39, 0.29) is 19.1 Å². The highest BCUT2D eigenvalue weighted by Gasteiger charge is 2.29. The summed E-state index contributed by atoms with van der Waals surface area (Å²) in [5.41, 5.74) is 0. The Morgan fingerprint density at radius 1 is 1.41 bits per heavy atom. The van der Waals surface area contributed by atoms with Gasteiger partial charge < -0.3 is 15.2 Å². The summed E-state index contributed by atoms with van der Waals surface area (Å²) in [4.78, 5) is 10.9. The Bertz CT molecular complexity index is 215. The molecule has 0 saturated heterocycles. The number of alkyl halides is 3. The number of ether oxygens (including phenoxy) is 1. The van der Waals surface area contributed by atoms with Crippen LogP contribution < -0.4 is 5.32 Å². The number of alkyl carbamates (subject to hydrolysis) is 1. The summed E-state index contributed by atoms with van der Waals surface area (Å²) in [5.74, 6) is 0.0587. The number of aliphatic hydroxyl groups is 1. The van der Waals surface area contributed by atoms with Crippen LogP contribution in [0.5, 0.6) is 0 Å². The first-order valence-electron chi connectivity index (χ1n) is 5.47. The van der Waals surface area contributed by atoms with Crippen LogP contribution in [0, 0.1) is 5.92 Å². The predicted molar refractivity (Wildman–Crippen MR) is 55.5 cm³/mol. The largest absolute Gasteiger partial charge is 0.440 e. The lowest BCUT2D eigenvalue weighted by atomic mass is 10.0. The average Bonchev–Trinajstić information content (AvgIpc) is 2.23. The molecule has 0 aliphatic carbocycles. The van der Waals surface area contributed by atoms with Crippen molar-refractivity contribution in [3.8, 4) is 0 Å². The third-order valence-corrected chi connectivity index (χ3v) is 2.14.